The Labute approximate surface area is 175 Å². The zero-order chi connectivity index (χ0) is 20.3. The van der Waals surface area contributed by atoms with E-state index in [1.54, 1.807) is 29.2 Å². The van der Waals surface area contributed by atoms with Gasteiger partial charge in [-0.3, -0.25) is 9.10 Å². The quantitative estimate of drug-likeness (QED) is 0.763. The van der Waals surface area contributed by atoms with Gasteiger partial charge in [0.25, 0.3) is 10.0 Å². The standard InChI is InChI=1S/C19H21Cl2N3O3S/c1-22-9-11-23(12-10-22)19(25)14-24(15-7-8-17(20)18(21)13-15)28(26,27)16-5-3-2-4-6-16/h2-8,13H,9-12,14H2,1H3/p+1. The average molecular weight is 443 g/mol. The predicted molar refractivity (Wildman–Crippen MR) is 111 cm³/mol. The lowest BCUT2D eigenvalue weighted by Crippen LogP contribution is -3.12. The van der Waals surface area contributed by atoms with Crippen LogP contribution < -0.4 is 9.21 Å². The largest absolute Gasteiger partial charge is 0.334 e. The monoisotopic (exact) mass is 442 g/mol. The summed E-state index contributed by atoms with van der Waals surface area (Å²) in [5.74, 6) is -0.238. The van der Waals surface area contributed by atoms with Crippen LogP contribution in [0.1, 0.15) is 0 Å². The summed E-state index contributed by atoms with van der Waals surface area (Å²) < 4.78 is 27.6. The second-order valence-electron chi connectivity index (χ2n) is 6.76. The van der Waals surface area contributed by atoms with Gasteiger partial charge in [-0.05, 0) is 30.3 Å². The molecule has 3 rings (SSSR count). The lowest BCUT2D eigenvalue weighted by molar-refractivity contribution is -0.883. The zero-order valence-corrected chi connectivity index (χ0v) is 17.8. The molecular weight excluding hydrogens is 421 g/mol. The molecule has 9 heteroatoms. The molecule has 2 aromatic carbocycles. The van der Waals surface area contributed by atoms with Crippen molar-refractivity contribution in [1.29, 1.82) is 0 Å². The third-order valence-corrected chi connectivity index (χ3v) is 7.30. The Morgan fingerprint density at radius 1 is 1.07 bits per heavy atom. The number of anilines is 1. The highest BCUT2D eigenvalue weighted by Gasteiger charge is 2.30. The van der Waals surface area contributed by atoms with Crippen molar-refractivity contribution < 1.29 is 18.1 Å². The van der Waals surface area contributed by atoms with Crippen molar-refractivity contribution >= 4 is 44.8 Å². The maximum absolute atomic E-state index is 13.3. The number of hydrogen-bond donors (Lipinski definition) is 1. The molecule has 0 saturated carbocycles. The number of carbonyl (C=O) groups excluding carboxylic acids is 1. The lowest BCUT2D eigenvalue weighted by atomic mass is 10.3. The van der Waals surface area contributed by atoms with Gasteiger partial charge in [-0.25, -0.2) is 8.42 Å². The third-order valence-electron chi connectivity index (χ3n) is 4.77. The normalized spacial score (nSPS) is 15.5. The summed E-state index contributed by atoms with van der Waals surface area (Å²) in [5, 5.41) is 0.541. The third kappa shape index (κ3) is 4.60. The summed E-state index contributed by atoms with van der Waals surface area (Å²) in [7, 11) is -1.88. The molecule has 1 heterocycles. The number of likely N-dealkylation sites (N-methyl/N-ethyl adjacent to an activating group) is 1. The van der Waals surface area contributed by atoms with Crippen LogP contribution in [0.5, 0.6) is 0 Å². The van der Waals surface area contributed by atoms with E-state index in [1.807, 2.05) is 0 Å². The van der Waals surface area contributed by atoms with Gasteiger partial charge in [0.1, 0.15) is 6.54 Å². The van der Waals surface area contributed by atoms with Crippen molar-refractivity contribution in [3.8, 4) is 0 Å². The highest BCUT2D eigenvalue weighted by atomic mass is 35.5. The minimum absolute atomic E-state index is 0.108. The van der Waals surface area contributed by atoms with Gasteiger partial charge in [-0.15, -0.1) is 0 Å². The van der Waals surface area contributed by atoms with E-state index in [9.17, 15) is 13.2 Å². The number of nitrogens with one attached hydrogen (secondary N) is 1. The van der Waals surface area contributed by atoms with E-state index in [2.05, 4.69) is 7.05 Å². The minimum atomic E-state index is -3.95. The van der Waals surface area contributed by atoms with E-state index < -0.39 is 10.0 Å². The number of benzene rings is 2. The number of quaternary nitrogens is 1. The van der Waals surface area contributed by atoms with E-state index in [0.29, 0.717) is 23.8 Å². The number of nitrogens with zero attached hydrogens (tertiary/aromatic N) is 2. The molecule has 1 aliphatic heterocycles. The Balaban J connectivity index is 1.95. The summed E-state index contributed by atoms with van der Waals surface area (Å²) in [6.45, 7) is 2.58. The van der Waals surface area contributed by atoms with Crippen LogP contribution in [-0.2, 0) is 14.8 Å². The van der Waals surface area contributed by atoms with Crippen molar-refractivity contribution in [2.45, 2.75) is 4.90 Å². The predicted octanol–water partition coefficient (Wildman–Crippen LogP) is 1.55. The van der Waals surface area contributed by atoms with Gasteiger partial charge in [0, 0.05) is 0 Å². The molecule has 0 spiro atoms. The van der Waals surface area contributed by atoms with Gasteiger partial charge >= 0.3 is 0 Å². The molecule has 6 nitrogen and oxygen atoms in total. The van der Waals surface area contributed by atoms with Gasteiger partial charge in [0.15, 0.2) is 0 Å². The fourth-order valence-corrected chi connectivity index (χ4v) is 4.75. The first-order chi connectivity index (χ1) is 13.3. The van der Waals surface area contributed by atoms with Crippen LogP contribution in [-0.4, -0.2) is 59.0 Å². The van der Waals surface area contributed by atoms with Crippen LogP contribution in [0, 0.1) is 0 Å². The van der Waals surface area contributed by atoms with Gasteiger partial charge in [0.05, 0.1) is 53.9 Å². The van der Waals surface area contributed by atoms with Crippen LogP contribution in [0.2, 0.25) is 10.0 Å². The lowest BCUT2D eigenvalue weighted by Gasteiger charge is -2.32. The summed E-state index contributed by atoms with van der Waals surface area (Å²) in [6, 6.07) is 12.6. The topological polar surface area (TPSA) is 62.1 Å². The van der Waals surface area contributed by atoms with Crippen LogP contribution in [0.4, 0.5) is 5.69 Å². The summed E-state index contributed by atoms with van der Waals surface area (Å²) in [5.41, 5.74) is 0.298. The summed E-state index contributed by atoms with van der Waals surface area (Å²) in [6.07, 6.45) is 0. The van der Waals surface area contributed by atoms with Gasteiger partial charge < -0.3 is 9.80 Å². The molecule has 28 heavy (non-hydrogen) atoms. The minimum Gasteiger partial charge on any atom is -0.334 e. The number of hydrogen-bond acceptors (Lipinski definition) is 3. The van der Waals surface area contributed by atoms with Crippen molar-refractivity contribution in [2.24, 2.45) is 0 Å². The molecule has 1 fully saturated rings. The van der Waals surface area contributed by atoms with E-state index in [0.717, 1.165) is 17.4 Å². The zero-order valence-electron chi connectivity index (χ0n) is 15.4. The van der Waals surface area contributed by atoms with E-state index >= 15 is 0 Å². The number of halogens is 2. The second kappa shape index (κ2) is 8.69. The summed E-state index contributed by atoms with van der Waals surface area (Å²) >= 11 is 12.1. The van der Waals surface area contributed by atoms with E-state index in [-0.39, 0.29) is 22.4 Å². The fraction of sp³-hybridized carbons (Fsp3) is 0.316. The molecule has 1 N–H and O–H groups in total. The number of piperazine rings is 1. The molecule has 150 valence electrons. The van der Waals surface area contributed by atoms with Gasteiger partial charge in [-0.1, -0.05) is 41.4 Å². The molecule has 0 atom stereocenters. The fourth-order valence-electron chi connectivity index (χ4n) is 3.04. The molecular formula is C19H22Cl2N3O3S+. The summed E-state index contributed by atoms with van der Waals surface area (Å²) in [4.78, 5) is 16.0. The second-order valence-corrected chi connectivity index (χ2v) is 9.44. The van der Waals surface area contributed by atoms with Gasteiger partial charge in [-0.2, -0.15) is 0 Å². The first kappa shape index (κ1) is 20.9. The molecule has 0 radical (unpaired) electrons. The van der Waals surface area contributed by atoms with Crippen LogP contribution >= 0.6 is 23.2 Å². The Kier molecular flexibility index (Phi) is 6.50. The van der Waals surface area contributed by atoms with Gasteiger partial charge in [0.2, 0.25) is 5.91 Å². The first-order valence-electron chi connectivity index (χ1n) is 8.91. The van der Waals surface area contributed by atoms with Crippen molar-refractivity contribution in [2.75, 3.05) is 44.1 Å². The first-order valence-corrected chi connectivity index (χ1v) is 11.1. The van der Waals surface area contributed by atoms with Crippen LogP contribution in [0.15, 0.2) is 53.4 Å². The number of sulfonamides is 1. The highest BCUT2D eigenvalue weighted by Crippen LogP contribution is 2.30. The Morgan fingerprint density at radius 3 is 2.32 bits per heavy atom. The smallest absolute Gasteiger partial charge is 0.264 e. The molecule has 2 aromatic rings. The van der Waals surface area contributed by atoms with E-state index in [1.165, 1.54) is 29.2 Å². The van der Waals surface area contributed by atoms with Crippen molar-refractivity contribution in [1.82, 2.24) is 4.90 Å². The maximum atomic E-state index is 13.3. The van der Waals surface area contributed by atoms with Crippen LogP contribution in [0.25, 0.3) is 0 Å². The van der Waals surface area contributed by atoms with Crippen LogP contribution in [0.3, 0.4) is 0 Å². The average Bonchev–Trinajstić information content (AvgIpc) is 2.69. The molecule has 1 amide bonds. The molecule has 0 bridgehead atoms. The Bertz CT molecular complexity index is 946. The molecule has 0 unspecified atom stereocenters. The van der Waals surface area contributed by atoms with E-state index in [4.69, 9.17) is 23.2 Å². The Hall–Kier alpha value is -1.80. The Morgan fingerprint density at radius 2 is 1.71 bits per heavy atom. The SMILES string of the molecule is C[NH+]1CCN(C(=O)CN(c2ccc(Cl)c(Cl)c2)S(=O)(=O)c2ccccc2)CC1. The maximum Gasteiger partial charge on any atom is 0.264 e. The van der Waals surface area contributed by atoms with Crippen molar-refractivity contribution in [3.63, 3.8) is 0 Å². The number of amides is 1. The number of rotatable bonds is 5. The molecule has 1 saturated heterocycles. The molecule has 0 aliphatic carbocycles. The highest BCUT2D eigenvalue weighted by molar-refractivity contribution is 7.92. The van der Waals surface area contributed by atoms with Crippen molar-refractivity contribution in [3.05, 3.63) is 58.6 Å². The molecule has 0 aromatic heterocycles. The number of carbonyl (C=O) groups is 1. The molecule has 1 aliphatic rings.